The fraction of sp³-hybridized carbons (Fsp3) is 0.556. The predicted molar refractivity (Wildman–Crippen MR) is 93.2 cm³/mol. The van der Waals surface area contributed by atoms with Crippen molar-refractivity contribution in [3.05, 3.63) is 24.3 Å². The predicted octanol–water partition coefficient (Wildman–Crippen LogP) is 3.71. The number of aliphatic imine (C=N–C) groups is 1. The van der Waals surface area contributed by atoms with Crippen molar-refractivity contribution in [1.29, 1.82) is 0 Å². The summed E-state index contributed by atoms with van der Waals surface area (Å²) in [6.07, 6.45) is 3.18. The molecule has 1 saturated heterocycles. The topological polar surface area (TPSA) is 71.0 Å². The summed E-state index contributed by atoms with van der Waals surface area (Å²) in [4.78, 5) is 28.0. The van der Waals surface area contributed by atoms with E-state index >= 15 is 0 Å². The van der Waals surface area contributed by atoms with Crippen LogP contribution in [0.3, 0.4) is 0 Å². The first-order chi connectivity index (χ1) is 11.4. The third-order valence-electron chi connectivity index (χ3n) is 3.92. The maximum absolute atomic E-state index is 12.1. The second kappa shape index (κ2) is 7.97. The second-order valence-electron chi connectivity index (χ2n) is 7.01. The maximum atomic E-state index is 12.1. The largest absolute Gasteiger partial charge is 0.444 e. The number of isocyanates is 1. The molecule has 2 rings (SSSR count). The van der Waals surface area contributed by atoms with Crippen LogP contribution < -0.4 is 5.32 Å². The minimum Gasteiger partial charge on any atom is -0.444 e. The second-order valence-corrected chi connectivity index (χ2v) is 7.01. The zero-order valence-corrected chi connectivity index (χ0v) is 14.5. The molecule has 0 atom stereocenters. The molecule has 6 nitrogen and oxygen atoms in total. The van der Waals surface area contributed by atoms with Gasteiger partial charge < -0.3 is 15.0 Å². The van der Waals surface area contributed by atoms with Gasteiger partial charge in [0.2, 0.25) is 6.08 Å². The fourth-order valence-corrected chi connectivity index (χ4v) is 2.67. The first-order valence-corrected chi connectivity index (χ1v) is 8.28. The molecule has 0 radical (unpaired) electrons. The maximum Gasteiger partial charge on any atom is 0.410 e. The van der Waals surface area contributed by atoms with Gasteiger partial charge in [-0.1, -0.05) is 12.1 Å². The van der Waals surface area contributed by atoms with Crippen molar-refractivity contribution < 1.29 is 14.3 Å². The van der Waals surface area contributed by atoms with Crippen molar-refractivity contribution in [2.24, 2.45) is 10.9 Å². The molecule has 1 fully saturated rings. The summed E-state index contributed by atoms with van der Waals surface area (Å²) in [5.74, 6) is 0.469. The number of carbonyl (C=O) groups excluding carboxylic acids is 2. The van der Waals surface area contributed by atoms with Gasteiger partial charge in [-0.2, -0.15) is 4.99 Å². The molecule has 0 aliphatic carbocycles. The minimum absolute atomic E-state index is 0.237. The van der Waals surface area contributed by atoms with Crippen LogP contribution in [-0.4, -0.2) is 42.3 Å². The first-order valence-electron chi connectivity index (χ1n) is 8.28. The summed E-state index contributed by atoms with van der Waals surface area (Å²) in [7, 11) is 0. The highest BCUT2D eigenvalue weighted by Gasteiger charge is 2.26. The molecule has 24 heavy (non-hydrogen) atoms. The highest BCUT2D eigenvalue weighted by molar-refractivity contribution is 5.69. The van der Waals surface area contributed by atoms with Crippen LogP contribution >= 0.6 is 0 Å². The molecule has 1 aliphatic rings. The van der Waals surface area contributed by atoms with Crippen molar-refractivity contribution in [3.63, 3.8) is 0 Å². The van der Waals surface area contributed by atoms with E-state index in [-0.39, 0.29) is 6.09 Å². The van der Waals surface area contributed by atoms with Gasteiger partial charge in [0.05, 0.1) is 11.4 Å². The van der Waals surface area contributed by atoms with E-state index in [4.69, 9.17) is 4.74 Å². The standard InChI is InChI=1S/C18H25N3O3/c1-18(2,3)24-17(23)21-10-8-14(9-11-21)12-19-15-6-4-5-7-16(15)20-13-22/h4-7,14,19H,8-12H2,1-3H3. The van der Waals surface area contributed by atoms with Crippen molar-refractivity contribution in [3.8, 4) is 0 Å². The number of likely N-dealkylation sites (tertiary alicyclic amines) is 1. The van der Waals surface area contributed by atoms with E-state index in [1.54, 1.807) is 17.0 Å². The van der Waals surface area contributed by atoms with Crippen LogP contribution in [0.25, 0.3) is 0 Å². The number of ether oxygens (including phenoxy) is 1. The lowest BCUT2D eigenvalue weighted by atomic mass is 9.97. The van der Waals surface area contributed by atoms with Crippen LogP contribution in [0.1, 0.15) is 33.6 Å². The molecule has 0 aromatic heterocycles. The van der Waals surface area contributed by atoms with Gasteiger partial charge in [-0.15, -0.1) is 0 Å². The van der Waals surface area contributed by atoms with Gasteiger partial charge in [-0.25, -0.2) is 9.59 Å². The lowest BCUT2D eigenvalue weighted by molar-refractivity contribution is 0.0188. The monoisotopic (exact) mass is 331 g/mol. The Morgan fingerprint density at radius 2 is 2.00 bits per heavy atom. The molecule has 0 saturated carbocycles. The van der Waals surface area contributed by atoms with E-state index in [2.05, 4.69) is 10.3 Å². The van der Waals surface area contributed by atoms with E-state index in [1.165, 1.54) is 0 Å². The summed E-state index contributed by atoms with van der Waals surface area (Å²) in [5.41, 5.74) is 0.965. The Morgan fingerprint density at radius 1 is 1.33 bits per heavy atom. The number of nitrogens with one attached hydrogen (secondary N) is 1. The Hall–Kier alpha value is -2.33. The molecular formula is C18H25N3O3. The Balaban J connectivity index is 1.82. The lowest BCUT2D eigenvalue weighted by Gasteiger charge is -2.33. The summed E-state index contributed by atoms with van der Waals surface area (Å²) >= 11 is 0. The van der Waals surface area contributed by atoms with E-state index < -0.39 is 5.60 Å². The van der Waals surface area contributed by atoms with Crippen LogP contribution in [-0.2, 0) is 9.53 Å². The molecule has 1 aromatic rings. The number of anilines is 1. The summed E-state index contributed by atoms with van der Waals surface area (Å²) in [6.45, 7) is 7.82. The number of hydrogen-bond donors (Lipinski definition) is 1. The molecule has 0 spiro atoms. The molecule has 1 aromatic carbocycles. The number of hydrogen-bond acceptors (Lipinski definition) is 5. The van der Waals surface area contributed by atoms with Gasteiger partial charge in [-0.05, 0) is 51.7 Å². The van der Waals surface area contributed by atoms with E-state index in [9.17, 15) is 9.59 Å². The van der Waals surface area contributed by atoms with E-state index in [1.807, 2.05) is 39.0 Å². The Labute approximate surface area is 142 Å². The number of benzene rings is 1. The molecule has 6 heteroatoms. The highest BCUT2D eigenvalue weighted by atomic mass is 16.6. The quantitative estimate of drug-likeness (QED) is 0.674. The van der Waals surface area contributed by atoms with Crippen molar-refractivity contribution >= 4 is 23.5 Å². The highest BCUT2D eigenvalue weighted by Crippen LogP contribution is 2.25. The molecule has 0 bridgehead atoms. The Bertz CT molecular complexity index is 610. The molecule has 1 amide bonds. The summed E-state index contributed by atoms with van der Waals surface area (Å²) in [5, 5.41) is 3.34. The Kier molecular flexibility index (Phi) is 5.99. The van der Waals surface area contributed by atoms with Crippen LogP contribution in [0.4, 0.5) is 16.2 Å². The molecule has 1 heterocycles. The van der Waals surface area contributed by atoms with Gasteiger partial charge in [0.15, 0.2) is 0 Å². The van der Waals surface area contributed by atoms with Crippen molar-refractivity contribution in [2.75, 3.05) is 25.0 Å². The molecule has 1 aliphatic heterocycles. The minimum atomic E-state index is -0.460. The zero-order valence-electron chi connectivity index (χ0n) is 14.5. The zero-order chi connectivity index (χ0) is 17.6. The van der Waals surface area contributed by atoms with Crippen LogP contribution in [0, 0.1) is 5.92 Å². The Morgan fingerprint density at radius 3 is 2.62 bits per heavy atom. The molecule has 0 unspecified atom stereocenters. The van der Waals surface area contributed by atoms with Gasteiger partial charge in [0.25, 0.3) is 0 Å². The van der Waals surface area contributed by atoms with Crippen LogP contribution in [0.5, 0.6) is 0 Å². The van der Waals surface area contributed by atoms with Crippen molar-refractivity contribution in [2.45, 2.75) is 39.2 Å². The first kappa shape index (κ1) is 18.0. The van der Waals surface area contributed by atoms with Gasteiger partial charge in [0, 0.05) is 19.6 Å². The van der Waals surface area contributed by atoms with Crippen molar-refractivity contribution in [1.82, 2.24) is 4.90 Å². The fourth-order valence-electron chi connectivity index (χ4n) is 2.67. The lowest BCUT2D eigenvalue weighted by Crippen LogP contribution is -2.42. The van der Waals surface area contributed by atoms with E-state index in [0.29, 0.717) is 24.7 Å². The SMILES string of the molecule is CC(C)(C)OC(=O)N1CCC(CNc2ccccc2N=C=O)CC1. The number of rotatable bonds is 4. The third-order valence-corrected chi connectivity index (χ3v) is 3.92. The molecular weight excluding hydrogens is 306 g/mol. The molecule has 1 N–H and O–H groups in total. The van der Waals surface area contributed by atoms with E-state index in [0.717, 1.165) is 25.1 Å². The number of amides is 1. The summed E-state index contributed by atoms with van der Waals surface area (Å²) in [6, 6.07) is 7.41. The summed E-state index contributed by atoms with van der Waals surface area (Å²) < 4.78 is 5.41. The average molecular weight is 331 g/mol. The number of piperidine rings is 1. The number of nitrogens with zero attached hydrogens (tertiary/aromatic N) is 2. The number of carbonyl (C=O) groups is 1. The van der Waals surface area contributed by atoms with Crippen LogP contribution in [0.2, 0.25) is 0 Å². The normalized spacial score (nSPS) is 15.5. The van der Waals surface area contributed by atoms with Gasteiger partial charge >= 0.3 is 6.09 Å². The van der Waals surface area contributed by atoms with Gasteiger partial charge in [-0.3, -0.25) is 0 Å². The van der Waals surface area contributed by atoms with Crippen LogP contribution in [0.15, 0.2) is 29.3 Å². The smallest absolute Gasteiger partial charge is 0.410 e. The third kappa shape index (κ3) is 5.39. The molecule has 130 valence electrons. The van der Waals surface area contributed by atoms with Gasteiger partial charge in [0.1, 0.15) is 5.60 Å². The average Bonchev–Trinajstić information content (AvgIpc) is 2.53. The number of para-hydroxylation sites is 2.